The molecule has 0 amide bonds. The van der Waals surface area contributed by atoms with Crippen molar-refractivity contribution in [2.24, 2.45) is 0 Å². The van der Waals surface area contributed by atoms with Crippen molar-refractivity contribution in [1.29, 1.82) is 0 Å². The van der Waals surface area contributed by atoms with Crippen molar-refractivity contribution < 1.29 is 4.74 Å². The number of hydrogen-bond acceptors (Lipinski definition) is 1. The summed E-state index contributed by atoms with van der Waals surface area (Å²) in [7, 11) is 1.61. The first kappa shape index (κ1) is 6.32. The molecule has 0 aliphatic heterocycles. The van der Waals surface area contributed by atoms with Gasteiger partial charge in [-0.05, 0) is 19.4 Å². The zero-order valence-electron chi connectivity index (χ0n) is 4.99. The summed E-state index contributed by atoms with van der Waals surface area (Å²) >= 11 is 0. The van der Waals surface area contributed by atoms with Gasteiger partial charge in [-0.1, -0.05) is 5.73 Å². The summed E-state index contributed by atoms with van der Waals surface area (Å²) in [5.41, 5.74) is 3.99. The SMILES string of the molecule is COC=C=C(C)C. The van der Waals surface area contributed by atoms with E-state index in [0.717, 1.165) is 5.57 Å². The van der Waals surface area contributed by atoms with E-state index in [2.05, 4.69) is 10.5 Å². The van der Waals surface area contributed by atoms with Crippen LogP contribution < -0.4 is 0 Å². The van der Waals surface area contributed by atoms with Crippen LogP contribution in [0, 0.1) is 0 Å². The summed E-state index contributed by atoms with van der Waals surface area (Å²) < 4.78 is 4.60. The van der Waals surface area contributed by atoms with Gasteiger partial charge in [-0.25, -0.2) is 0 Å². The predicted octanol–water partition coefficient (Wildman–Crippen LogP) is 1.71. The number of rotatable bonds is 1. The lowest BCUT2D eigenvalue weighted by Gasteiger charge is -1.78. The van der Waals surface area contributed by atoms with Crippen LogP contribution >= 0.6 is 0 Å². The summed E-state index contributed by atoms with van der Waals surface area (Å²) in [6.45, 7) is 3.94. The molecule has 0 bridgehead atoms. The van der Waals surface area contributed by atoms with Crippen LogP contribution in [-0.4, -0.2) is 7.11 Å². The van der Waals surface area contributed by atoms with E-state index in [0.29, 0.717) is 0 Å². The van der Waals surface area contributed by atoms with Crippen LogP contribution in [0.5, 0.6) is 0 Å². The Balaban J connectivity index is 3.62. The lowest BCUT2D eigenvalue weighted by atomic mass is 10.4. The minimum absolute atomic E-state index is 1.13. The number of hydrogen-bond donors (Lipinski definition) is 0. The van der Waals surface area contributed by atoms with Gasteiger partial charge in [0, 0.05) is 0 Å². The molecule has 0 rings (SSSR count). The topological polar surface area (TPSA) is 9.23 Å². The third kappa shape index (κ3) is 5.32. The van der Waals surface area contributed by atoms with Crippen molar-refractivity contribution in [3.63, 3.8) is 0 Å². The van der Waals surface area contributed by atoms with E-state index < -0.39 is 0 Å². The molecule has 0 saturated heterocycles. The first-order chi connectivity index (χ1) is 3.27. The molecular weight excluding hydrogens is 88.1 g/mol. The van der Waals surface area contributed by atoms with Crippen LogP contribution in [0.15, 0.2) is 17.6 Å². The van der Waals surface area contributed by atoms with Crippen LogP contribution in [-0.2, 0) is 4.74 Å². The maximum absolute atomic E-state index is 4.60. The van der Waals surface area contributed by atoms with Crippen LogP contribution in [0.4, 0.5) is 0 Å². The maximum Gasteiger partial charge on any atom is 0.125 e. The molecule has 0 fully saturated rings. The van der Waals surface area contributed by atoms with Gasteiger partial charge in [0.2, 0.25) is 0 Å². The number of ether oxygens (including phenoxy) is 1. The van der Waals surface area contributed by atoms with Gasteiger partial charge in [0.15, 0.2) is 0 Å². The standard InChI is InChI=1S/C6H10O/c1-6(2)4-5-7-3/h5H,1-3H3. The van der Waals surface area contributed by atoms with Crippen molar-refractivity contribution in [1.82, 2.24) is 0 Å². The van der Waals surface area contributed by atoms with Crippen LogP contribution in [0.25, 0.3) is 0 Å². The highest BCUT2D eigenvalue weighted by Crippen LogP contribution is 1.81. The third-order valence-electron chi connectivity index (χ3n) is 0.465. The van der Waals surface area contributed by atoms with Gasteiger partial charge >= 0.3 is 0 Å². The Bertz CT molecular complexity index is 92.7. The van der Waals surface area contributed by atoms with Crippen molar-refractivity contribution in [3.05, 3.63) is 17.6 Å². The van der Waals surface area contributed by atoms with Gasteiger partial charge < -0.3 is 4.74 Å². The second-order valence-corrected chi connectivity index (χ2v) is 1.50. The van der Waals surface area contributed by atoms with Crippen molar-refractivity contribution in [2.45, 2.75) is 13.8 Å². The molecule has 0 unspecified atom stereocenters. The van der Waals surface area contributed by atoms with Crippen molar-refractivity contribution in [3.8, 4) is 0 Å². The largest absolute Gasteiger partial charge is 0.496 e. The van der Waals surface area contributed by atoms with E-state index in [9.17, 15) is 0 Å². The van der Waals surface area contributed by atoms with Crippen molar-refractivity contribution >= 4 is 0 Å². The van der Waals surface area contributed by atoms with E-state index in [1.54, 1.807) is 7.11 Å². The van der Waals surface area contributed by atoms with E-state index in [4.69, 9.17) is 0 Å². The fourth-order valence-corrected chi connectivity index (χ4v) is 0.177. The summed E-state index contributed by atoms with van der Waals surface area (Å²) in [5.74, 6) is 0. The Morgan fingerprint density at radius 2 is 2.14 bits per heavy atom. The van der Waals surface area contributed by atoms with E-state index >= 15 is 0 Å². The second kappa shape index (κ2) is 3.51. The van der Waals surface area contributed by atoms with E-state index in [1.165, 1.54) is 6.26 Å². The summed E-state index contributed by atoms with van der Waals surface area (Å²) in [6, 6.07) is 0. The van der Waals surface area contributed by atoms with Gasteiger partial charge in [-0.3, -0.25) is 0 Å². The van der Waals surface area contributed by atoms with Gasteiger partial charge in [0.05, 0.1) is 7.11 Å². The normalized spacial score (nSPS) is 6.71. The highest BCUT2D eigenvalue weighted by Gasteiger charge is 1.63. The molecule has 7 heavy (non-hydrogen) atoms. The molecule has 0 aromatic carbocycles. The molecular formula is C6H10O. The molecule has 40 valence electrons. The molecule has 1 nitrogen and oxygen atoms in total. The Morgan fingerprint density at radius 3 is 2.29 bits per heavy atom. The first-order valence-corrected chi connectivity index (χ1v) is 2.18. The van der Waals surface area contributed by atoms with Gasteiger partial charge in [0.25, 0.3) is 0 Å². The summed E-state index contributed by atoms with van der Waals surface area (Å²) in [5, 5.41) is 0. The molecule has 0 radical (unpaired) electrons. The fourth-order valence-electron chi connectivity index (χ4n) is 0.177. The Morgan fingerprint density at radius 1 is 1.57 bits per heavy atom. The molecule has 0 heterocycles. The highest BCUT2D eigenvalue weighted by molar-refractivity contribution is 4.90. The quantitative estimate of drug-likeness (QED) is 0.358. The van der Waals surface area contributed by atoms with Crippen LogP contribution in [0.3, 0.4) is 0 Å². The molecule has 0 aliphatic carbocycles. The zero-order chi connectivity index (χ0) is 5.70. The molecule has 0 aliphatic rings. The van der Waals surface area contributed by atoms with E-state index in [1.807, 2.05) is 13.8 Å². The summed E-state index contributed by atoms with van der Waals surface area (Å²) in [4.78, 5) is 0. The van der Waals surface area contributed by atoms with Gasteiger partial charge in [-0.2, -0.15) is 0 Å². The number of allylic oxidation sites excluding steroid dienone is 1. The van der Waals surface area contributed by atoms with Gasteiger partial charge in [-0.15, -0.1) is 0 Å². The molecule has 0 spiro atoms. The minimum Gasteiger partial charge on any atom is -0.496 e. The first-order valence-electron chi connectivity index (χ1n) is 2.18. The molecule has 1 heteroatoms. The monoisotopic (exact) mass is 98.1 g/mol. The molecule has 0 N–H and O–H groups in total. The smallest absolute Gasteiger partial charge is 0.125 e. The molecule has 0 aromatic heterocycles. The average molecular weight is 98.1 g/mol. The zero-order valence-corrected chi connectivity index (χ0v) is 4.99. The minimum atomic E-state index is 1.13. The second-order valence-electron chi connectivity index (χ2n) is 1.50. The Kier molecular flexibility index (Phi) is 3.17. The maximum atomic E-state index is 4.60. The highest BCUT2D eigenvalue weighted by atomic mass is 16.5. The molecule has 0 saturated carbocycles. The van der Waals surface area contributed by atoms with Crippen LogP contribution in [0.2, 0.25) is 0 Å². The average Bonchev–Trinajstić information content (AvgIpc) is 1.61. The van der Waals surface area contributed by atoms with E-state index in [-0.39, 0.29) is 0 Å². The molecule has 0 aromatic rings. The third-order valence-corrected chi connectivity index (χ3v) is 0.465. The lowest BCUT2D eigenvalue weighted by Crippen LogP contribution is -1.60. The predicted molar refractivity (Wildman–Crippen MR) is 30.0 cm³/mol. The Labute approximate surface area is 44.3 Å². The van der Waals surface area contributed by atoms with Crippen molar-refractivity contribution in [2.75, 3.05) is 7.11 Å². The van der Waals surface area contributed by atoms with Crippen LogP contribution in [0.1, 0.15) is 13.8 Å². The Hall–Kier alpha value is -0.680. The number of methoxy groups -OCH3 is 1. The van der Waals surface area contributed by atoms with Gasteiger partial charge in [0.1, 0.15) is 6.26 Å². The summed E-state index contributed by atoms with van der Waals surface area (Å²) in [6.07, 6.45) is 1.54. The fraction of sp³-hybridized carbons (Fsp3) is 0.500. The lowest BCUT2D eigenvalue weighted by molar-refractivity contribution is 0.338. The molecule has 0 atom stereocenters.